The van der Waals surface area contributed by atoms with Crippen LogP contribution >= 0.6 is 0 Å². The standard InChI is InChI=1S/C26H27N5O6S2/c32-24(20-8-5-10-22(18-20)38(34,35)29-14-1-2-15-29)31(26-27-12-7-13-28-26)25(33)21-9-6-11-23(19-21)39(36,37)30-16-3-4-17-30/h5-13,18-19H,1-4,14-17H2. The van der Waals surface area contributed by atoms with Gasteiger partial charge in [0.15, 0.2) is 0 Å². The molecule has 39 heavy (non-hydrogen) atoms. The topological polar surface area (TPSA) is 138 Å². The Hall–Kier alpha value is -3.52. The van der Waals surface area contributed by atoms with E-state index in [0.29, 0.717) is 26.2 Å². The van der Waals surface area contributed by atoms with Crippen molar-refractivity contribution in [3.05, 3.63) is 78.1 Å². The average Bonchev–Trinajstić information content (AvgIpc) is 3.70. The third-order valence-corrected chi connectivity index (χ3v) is 10.5. The molecule has 2 saturated heterocycles. The zero-order valence-corrected chi connectivity index (χ0v) is 22.6. The number of hydrogen-bond donors (Lipinski definition) is 0. The van der Waals surface area contributed by atoms with E-state index in [0.717, 1.165) is 30.6 Å². The summed E-state index contributed by atoms with van der Waals surface area (Å²) in [6.07, 6.45) is 5.77. The van der Waals surface area contributed by atoms with Gasteiger partial charge >= 0.3 is 0 Å². The summed E-state index contributed by atoms with van der Waals surface area (Å²) in [6, 6.07) is 12.5. The van der Waals surface area contributed by atoms with Gasteiger partial charge in [0, 0.05) is 49.7 Å². The van der Waals surface area contributed by atoms with Crippen molar-refractivity contribution in [1.82, 2.24) is 18.6 Å². The van der Waals surface area contributed by atoms with Crippen molar-refractivity contribution < 1.29 is 26.4 Å². The predicted octanol–water partition coefficient (Wildman–Crippen LogP) is 2.53. The Labute approximate surface area is 227 Å². The molecule has 2 aliphatic rings. The van der Waals surface area contributed by atoms with Gasteiger partial charge in [-0.25, -0.2) is 31.7 Å². The molecule has 2 aliphatic heterocycles. The molecule has 0 bridgehead atoms. The zero-order chi connectivity index (χ0) is 27.6. The number of imide groups is 1. The van der Waals surface area contributed by atoms with Crippen molar-refractivity contribution in [3.8, 4) is 0 Å². The lowest BCUT2D eigenvalue weighted by atomic mass is 10.1. The second-order valence-electron chi connectivity index (χ2n) is 9.27. The Balaban J connectivity index is 1.52. The lowest BCUT2D eigenvalue weighted by molar-refractivity contribution is 0.0895. The molecule has 0 unspecified atom stereocenters. The van der Waals surface area contributed by atoms with E-state index >= 15 is 0 Å². The number of carbonyl (C=O) groups excluding carboxylic acids is 2. The molecule has 2 amide bonds. The van der Waals surface area contributed by atoms with Gasteiger partial charge in [-0.1, -0.05) is 12.1 Å². The first-order chi connectivity index (χ1) is 18.7. The molecule has 0 saturated carbocycles. The van der Waals surface area contributed by atoms with Gasteiger partial charge in [0.25, 0.3) is 11.8 Å². The molecule has 2 aromatic carbocycles. The maximum Gasteiger partial charge on any atom is 0.267 e. The van der Waals surface area contributed by atoms with Gasteiger partial charge < -0.3 is 0 Å². The molecule has 13 heteroatoms. The smallest absolute Gasteiger partial charge is 0.267 e. The van der Waals surface area contributed by atoms with E-state index in [1.54, 1.807) is 0 Å². The Morgan fingerprint density at radius 1 is 0.641 bits per heavy atom. The number of nitrogens with zero attached hydrogens (tertiary/aromatic N) is 5. The molecular formula is C26H27N5O6S2. The number of aromatic nitrogens is 2. The van der Waals surface area contributed by atoms with Crippen molar-refractivity contribution in [2.45, 2.75) is 35.5 Å². The molecule has 5 rings (SSSR count). The molecule has 204 valence electrons. The molecule has 2 fully saturated rings. The minimum Gasteiger partial charge on any atom is -0.268 e. The van der Waals surface area contributed by atoms with E-state index in [4.69, 9.17) is 0 Å². The maximum atomic E-state index is 13.7. The van der Waals surface area contributed by atoms with Crippen LogP contribution in [0.3, 0.4) is 0 Å². The van der Waals surface area contributed by atoms with E-state index in [1.165, 1.54) is 75.6 Å². The average molecular weight is 570 g/mol. The van der Waals surface area contributed by atoms with Crippen LogP contribution < -0.4 is 4.90 Å². The monoisotopic (exact) mass is 569 g/mol. The van der Waals surface area contributed by atoms with Gasteiger partial charge in [0.05, 0.1) is 9.79 Å². The van der Waals surface area contributed by atoms with E-state index in [9.17, 15) is 26.4 Å². The summed E-state index contributed by atoms with van der Waals surface area (Å²) < 4.78 is 55.1. The van der Waals surface area contributed by atoms with Crippen LogP contribution in [-0.4, -0.2) is 73.4 Å². The Kier molecular flexibility index (Phi) is 7.58. The fourth-order valence-corrected chi connectivity index (χ4v) is 7.80. The van der Waals surface area contributed by atoms with Gasteiger partial charge in [0.1, 0.15) is 0 Å². The van der Waals surface area contributed by atoms with Crippen molar-refractivity contribution in [3.63, 3.8) is 0 Å². The van der Waals surface area contributed by atoms with Gasteiger partial charge in [-0.3, -0.25) is 9.59 Å². The second kappa shape index (κ2) is 10.9. The quantitative estimate of drug-likeness (QED) is 0.396. The van der Waals surface area contributed by atoms with Crippen LogP contribution in [0.1, 0.15) is 46.4 Å². The molecule has 0 aliphatic carbocycles. The fraction of sp³-hybridized carbons (Fsp3) is 0.308. The molecule has 3 heterocycles. The normalized spacial score (nSPS) is 16.8. The molecular weight excluding hydrogens is 542 g/mol. The summed E-state index contributed by atoms with van der Waals surface area (Å²) in [7, 11) is -7.63. The predicted molar refractivity (Wildman–Crippen MR) is 142 cm³/mol. The van der Waals surface area contributed by atoms with Crippen LogP contribution in [0.15, 0.2) is 76.8 Å². The summed E-state index contributed by atoms with van der Waals surface area (Å²) in [4.78, 5) is 36.2. The number of amides is 2. The van der Waals surface area contributed by atoms with Crippen molar-refractivity contribution in [1.29, 1.82) is 0 Å². The third-order valence-electron chi connectivity index (χ3n) is 6.73. The highest BCUT2D eigenvalue weighted by Crippen LogP contribution is 2.25. The van der Waals surface area contributed by atoms with Crippen LogP contribution in [0.25, 0.3) is 0 Å². The van der Waals surface area contributed by atoms with Crippen molar-refractivity contribution >= 4 is 37.8 Å². The van der Waals surface area contributed by atoms with Crippen LogP contribution in [0.2, 0.25) is 0 Å². The molecule has 1 aromatic heterocycles. The number of anilines is 1. The SMILES string of the molecule is O=C(c1cccc(S(=O)(=O)N2CCCC2)c1)N(C(=O)c1cccc(S(=O)(=O)N2CCCC2)c1)c1ncccn1. The molecule has 0 atom stereocenters. The Morgan fingerprint density at radius 3 is 1.46 bits per heavy atom. The summed E-state index contributed by atoms with van der Waals surface area (Å²) in [5.41, 5.74) is -0.117. The summed E-state index contributed by atoms with van der Waals surface area (Å²) in [5, 5.41) is 0. The van der Waals surface area contributed by atoms with Gasteiger partial charge in [0.2, 0.25) is 26.0 Å². The highest BCUT2D eigenvalue weighted by Gasteiger charge is 2.33. The number of carbonyl (C=O) groups is 2. The summed E-state index contributed by atoms with van der Waals surface area (Å²) >= 11 is 0. The van der Waals surface area contributed by atoms with E-state index in [1.807, 2.05) is 0 Å². The molecule has 0 spiro atoms. The largest absolute Gasteiger partial charge is 0.268 e. The van der Waals surface area contributed by atoms with Crippen LogP contribution in [0, 0.1) is 0 Å². The van der Waals surface area contributed by atoms with E-state index in [-0.39, 0.29) is 26.9 Å². The first kappa shape index (κ1) is 27.1. The zero-order valence-electron chi connectivity index (χ0n) is 21.0. The number of hydrogen-bond acceptors (Lipinski definition) is 8. The van der Waals surface area contributed by atoms with Crippen molar-refractivity contribution in [2.24, 2.45) is 0 Å². The molecule has 3 aromatic rings. The lowest BCUT2D eigenvalue weighted by Gasteiger charge is -2.21. The van der Waals surface area contributed by atoms with Gasteiger partial charge in [-0.05, 0) is 68.1 Å². The van der Waals surface area contributed by atoms with Gasteiger partial charge in [-0.2, -0.15) is 8.61 Å². The summed E-state index contributed by atoms with van der Waals surface area (Å²) in [5.74, 6) is -1.93. The minimum absolute atomic E-state index is 0.0584. The molecule has 0 radical (unpaired) electrons. The highest BCUT2D eigenvalue weighted by atomic mass is 32.2. The Bertz CT molecular complexity index is 1500. The van der Waals surface area contributed by atoms with Crippen LogP contribution in [0.4, 0.5) is 5.95 Å². The van der Waals surface area contributed by atoms with E-state index < -0.39 is 31.9 Å². The first-order valence-electron chi connectivity index (χ1n) is 12.6. The highest BCUT2D eigenvalue weighted by molar-refractivity contribution is 7.89. The van der Waals surface area contributed by atoms with Crippen LogP contribution in [0.5, 0.6) is 0 Å². The minimum atomic E-state index is -3.81. The number of sulfonamides is 2. The second-order valence-corrected chi connectivity index (χ2v) is 13.1. The maximum absolute atomic E-state index is 13.7. The summed E-state index contributed by atoms with van der Waals surface area (Å²) in [6.45, 7) is 1.61. The van der Waals surface area contributed by atoms with Crippen LogP contribution in [-0.2, 0) is 20.0 Å². The number of rotatable bonds is 7. The fourth-order valence-electron chi connectivity index (χ4n) is 4.67. The van der Waals surface area contributed by atoms with Crippen molar-refractivity contribution in [2.75, 3.05) is 31.1 Å². The Morgan fingerprint density at radius 2 is 1.05 bits per heavy atom. The molecule has 11 nitrogen and oxygen atoms in total. The first-order valence-corrected chi connectivity index (χ1v) is 15.4. The lowest BCUT2D eigenvalue weighted by Crippen LogP contribution is -2.38. The number of benzene rings is 2. The third kappa shape index (κ3) is 5.35. The van der Waals surface area contributed by atoms with Gasteiger partial charge in [-0.15, -0.1) is 0 Å². The molecule has 0 N–H and O–H groups in total. The van der Waals surface area contributed by atoms with E-state index in [2.05, 4.69) is 9.97 Å².